The summed E-state index contributed by atoms with van der Waals surface area (Å²) in [6, 6.07) is 2.10. The maximum Gasteiger partial charge on any atom is 0.166 e. The lowest BCUT2D eigenvalue weighted by atomic mass is 10.1. The lowest BCUT2D eigenvalue weighted by Gasteiger charge is -2.04. The summed E-state index contributed by atoms with van der Waals surface area (Å²) in [6.45, 7) is 7.36. The summed E-state index contributed by atoms with van der Waals surface area (Å²) >= 11 is 3.30. The molecule has 0 amide bonds. The number of aliphatic hydroxyl groups excluding tert-OH is 1. The van der Waals surface area contributed by atoms with Gasteiger partial charge in [0, 0.05) is 16.0 Å². The zero-order valence-electron chi connectivity index (χ0n) is 14.3. The van der Waals surface area contributed by atoms with Crippen molar-refractivity contribution < 1.29 is 5.11 Å². The molecule has 0 aliphatic rings. The van der Waals surface area contributed by atoms with Crippen LogP contribution in [0.2, 0.25) is 0 Å². The number of nitrogens with zero attached hydrogens (tertiary/aromatic N) is 4. The Morgan fingerprint density at radius 3 is 2.84 bits per heavy atom. The number of fused-ring (bicyclic) bond motifs is 3. The van der Waals surface area contributed by atoms with Crippen molar-refractivity contribution in [1.82, 2.24) is 19.7 Å². The van der Waals surface area contributed by atoms with Crippen LogP contribution in [0.25, 0.3) is 20.4 Å². The van der Waals surface area contributed by atoms with Crippen molar-refractivity contribution in [3.05, 3.63) is 33.4 Å². The third-order valence-corrected chi connectivity index (χ3v) is 6.24. The Morgan fingerprint density at radius 1 is 1.28 bits per heavy atom. The predicted molar refractivity (Wildman–Crippen MR) is 104 cm³/mol. The molecule has 0 fully saturated rings. The molecule has 8 heteroatoms. The normalized spacial score (nSPS) is 11.7. The van der Waals surface area contributed by atoms with Crippen molar-refractivity contribution in [2.24, 2.45) is 0 Å². The Morgan fingerprint density at radius 2 is 2.12 bits per heavy atom. The minimum Gasteiger partial charge on any atom is -0.394 e. The fourth-order valence-electron chi connectivity index (χ4n) is 3.08. The Balaban J connectivity index is 1.84. The Labute approximate surface area is 153 Å². The number of aromatic nitrogens is 4. The Bertz CT molecular complexity index is 1060. The van der Waals surface area contributed by atoms with Gasteiger partial charge < -0.3 is 10.4 Å². The molecule has 0 aromatic carbocycles. The van der Waals surface area contributed by atoms with E-state index in [9.17, 15) is 5.11 Å². The predicted octanol–water partition coefficient (Wildman–Crippen LogP) is 3.63. The standard InChI is InChI=1S/C17H19N5OS2/c1-9-6-10(2)20-17-13(9)14-15(25-17)16(21-22(14)4-5-23)18-7-12-11(3)19-8-24-12/h6,8,23H,4-5,7H2,1-3H3,(H,18,21). The first-order valence-corrected chi connectivity index (χ1v) is 9.79. The number of rotatable bonds is 5. The molecule has 0 saturated heterocycles. The van der Waals surface area contributed by atoms with E-state index in [1.807, 2.05) is 24.0 Å². The molecule has 0 spiro atoms. The van der Waals surface area contributed by atoms with E-state index in [-0.39, 0.29) is 6.61 Å². The van der Waals surface area contributed by atoms with E-state index in [2.05, 4.69) is 23.3 Å². The molecule has 130 valence electrons. The average Bonchev–Trinajstić information content (AvgIpc) is 3.21. The first-order valence-electron chi connectivity index (χ1n) is 8.09. The van der Waals surface area contributed by atoms with Crippen LogP contribution in [0.5, 0.6) is 0 Å². The van der Waals surface area contributed by atoms with E-state index in [4.69, 9.17) is 10.1 Å². The van der Waals surface area contributed by atoms with Crippen LogP contribution in [0.1, 0.15) is 21.8 Å². The number of anilines is 1. The second kappa shape index (κ2) is 6.36. The first kappa shape index (κ1) is 16.4. The first-order chi connectivity index (χ1) is 12.1. The quantitative estimate of drug-likeness (QED) is 0.559. The van der Waals surface area contributed by atoms with Crippen LogP contribution in [0.4, 0.5) is 5.82 Å². The molecule has 4 aromatic rings. The van der Waals surface area contributed by atoms with E-state index in [1.54, 1.807) is 22.7 Å². The number of thiazole rings is 1. The Hall–Kier alpha value is -2.03. The van der Waals surface area contributed by atoms with Crippen molar-refractivity contribution in [2.75, 3.05) is 11.9 Å². The van der Waals surface area contributed by atoms with Crippen LogP contribution < -0.4 is 5.32 Å². The minimum absolute atomic E-state index is 0.0554. The fourth-order valence-corrected chi connectivity index (χ4v) is 5.05. The van der Waals surface area contributed by atoms with Gasteiger partial charge in [0.25, 0.3) is 0 Å². The maximum absolute atomic E-state index is 9.43. The summed E-state index contributed by atoms with van der Waals surface area (Å²) in [5, 5.41) is 18.7. The SMILES string of the molecule is Cc1cc(C)c2c(n1)sc1c(NCc3scnc3C)nn(CCO)c12. The summed E-state index contributed by atoms with van der Waals surface area (Å²) in [4.78, 5) is 11.2. The summed E-state index contributed by atoms with van der Waals surface area (Å²) in [5.41, 5.74) is 6.18. The third kappa shape index (κ3) is 2.80. The van der Waals surface area contributed by atoms with E-state index in [1.165, 1.54) is 10.4 Å². The van der Waals surface area contributed by atoms with E-state index < -0.39 is 0 Å². The van der Waals surface area contributed by atoms with Crippen LogP contribution in [-0.2, 0) is 13.1 Å². The van der Waals surface area contributed by atoms with Crippen LogP contribution in [0.3, 0.4) is 0 Å². The van der Waals surface area contributed by atoms with Crippen molar-refractivity contribution in [3.63, 3.8) is 0 Å². The minimum atomic E-state index is 0.0554. The number of aryl methyl sites for hydroxylation is 3. The summed E-state index contributed by atoms with van der Waals surface area (Å²) in [6.07, 6.45) is 0. The van der Waals surface area contributed by atoms with Crippen LogP contribution >= 0.6 is 22.7 Å². The van der Waals surface area contributed by atoms with Gasteiger partial charge >= 0.3 is 0 Å². The second-order valence-electron chi connectivity index (χ2n) is 6.05. The molecule has 0 aliphatic heterocycles. The van der Waals surface area contributed by atoms with Gasteiger partial charge in [-0.2, -0.15) is 5.10 Å². The largest absolute Gasteiger partial charge is 0.394 e. The topological polar surface area (TPSA) is 75.9 Å². The molecule has 0 atom stereocenters. The molecule has 0 aliphatic carbocycles. The van der Waals surface area contributed by atoms with Gasteiger partial charge in [0.15, 0.2) is 5.82 Å². The van der Waals surface area contributed by atoms with Gasteiger partial charge in [-0.3, -0.25) is 4.68 Å². The fraction of sp³-hybridized carbons (Fsp3) is 0.353. The van der Waals surface area contributed by atoms with Crippen molar-refractivity contribution in [1.29, 1.82) is 0 Å². The highest BCUT2D eigenvalue weighted by Gasteiger charge is 2.19. The molecule has 6 nitrogen and oxygen atoms in total. The molecule has 25 heavy (non-hydrogen) atoms. The Kier molecular flexibility index (Phi) is 4.18. The molecule has 4 rings (SSSR count). The van der Waals surface area contributed by atoms with Crippen LogP contribution in [0.15, 0.2) is 11.6 Å². The molecule has 0 bridgehead atoms. The van der Waals surface area contributed by atoms with Gasteiger partial charge in [-0.1, -0.05) is 0 Å². The van der Waals surface area contributed by atoms with E-state index in [0.717, 1.165) is 37.6 Å². The third-order valence-electron chi connectivity index (χ3n) is 4.23. The lowest BCUT2D eigenvalue weighted by Crippen LogP contribution is -2.06. The van der Waals surface area contributed by atoms with Gasteiger partial charge in [-0.25, -0.2) is 9.97 Å². The highest BCUT2D eigenvalue weighted by Crippen LogP contribution is 2.39. The van der Waals surface area contributed by atoms with E-state index >= 15 is 0 Å². The molecule has 0 unspecified atom stereocenters. The zero-order chi connectivity index (χ0) is 17.6. The molecular weight excluding hydrogens is 354 g/mol. The van der Waals surface area contributed by atoms with Crippen molar-refractivity contribution in [3.8, 4) is 0 Å². The highest BCUT2D eigenvalue weighted by molar-refractivity contribution is 7.26. The monoisotopic (exact) mass is 373 g/mol. The van der Waals surface area contributed by atoms with Gasteiger partial charge in [0.05, 0.1) is 41.1 Å². The number of nitrogens with one attached hydrogen (secondary N) is 1. The van der Waals surface area contributed by atoms with Gasteiger partial charge in [0.2, 0.25) is 0 Å². The molecule has 0 saturated carbocycles. The average molecular weight is 374 g/mol. The molecule has 0 radical (unpaired) electrons. The number of pyridine rings is 1. The van der Waals surface area contributed by atoms with Gasteiger partial charge in [-0.05, 0) is 32.4 Å². The second-order valence-corrected chi connectivity index (χ2v) is 7.99. The van der Waals surface area contributed by atoms with Crippen LogP contribution in [-0.4, -0.2) is 31.5 Å². The summed E-state index contributed by atoms with van der Waals surface area (Å²) in [5.74, 6) is 0.844. The van der Waals surface area contributed by atoms with Crippen molar-refractivity contribution >= 4 is 48.9 Å². The van der Waals surface area contributed by atoms with Crippen molar-refractivity contribution in [2.45, 2.75) is 33.9 Å². The molecule has 4 heterocycles. The number of aliphatic hydroxyl groups is 1. The van der Waals surface area contributed by atoms with E-state index in [0.29, 0.717) is 13.1 Å². The number of hydrogen-bond acceptors (Lipinski definition) is 7. The highest BCUT2D eigenvalue weighted by atomic mass is 32.1. The number of thiophene rings is 1. The lowest BCUT2D eigenvalue weighted by molar-refractivity contribution is 0.272. The zero-order valence-corrected chi connectivity index (χ0v) is 16.0. The smallest absolute Gasteiger partial charge is 0.166 e. The van der Waals surface area contributed by atoms with Gasteiger partial charge in [-0.15, -0.1) is 22.7 Å². The van der Waals surface area contributed by atoms with Crippen LogP contribution in [0, 0.1) is 20.8 Å². The maximum atomic E-state index is 9.43. The summed E-state index contributed by atoms with van der Waals surface area (Å²) in [7, 11) is 0. The molecular formula is C17H19N5OS2. The number of hydrogen-bond donors (Lipinski definition) is 2. The molecule has 4 aromatic heterocycles. The van der Waals surface area contributed by atoms with Gasteiger partial charge in [0.1, 0.15) is 4.83 Å². The summed E-state index contributed by atoms with van der Waals surface area (Å²) < 4.78 is 2.98. The molecule has 2 N–H and O–H groups in total.